The maximum absolute atomic E-state index is 13.6. The molecule has 33 nitrogen and oxygen atoms in total. The highest BCUT2D eigenvalue weighted by molar-refractivity contribution is 6.31. The van der Waals surface area contributed by atoms with Crippen molar-refractivity contribution < 1.29 is 80.3 Å². The van der Waals surface area contributed by atoms with Gasteiger partial charge < -0.3 is 54.0 Å². The van der Waals surface area contributed by atoms with Gasteiger partial charge in [-0.2, -0.15) is 26.3 Å². The van der Waals surface area contributed by atoms with Gasteiger partial charge in [-0.1, -0.05) is 97.2 Å². The molecule has 0 aliphatic carbocycles. The number of halogens is 9. The van der Waals surface area contributed by atoms with E-state index in [1.54, 1.807) is 86.0 Å². The van der Waals surface area contributed by atoms with E-state index in [1.165, 1.54) is 119 Å². The van der Waals surface area contributed by atoms with E-state index in [9.17, 15) is 90.2 Å². The van der Waals surface area contributed by atoms with Gasteiger partial charge in [0.1, 0.15) is 80.0 Å². The largest absolute Gasteiger partial charge is 0.455 e. The number of aliphatic hydroxyl groups excluding tert-OH is 5. The Hall–Kier alpha value is -14.2. The molecule has 1 unspecified atom stereocenters. The molecule has 15 aromatic rings. The van der Waals surface area contributed by atoms with Gasteiger partial charge in [-0.25, -0.2) is 39.1 Å². The third-order valence-corrected chi connectivity index (χ3v) is 22.6. The van der Waals surface area contributed by atoms with Gasteiger partial charge in [0.25, 0.3) is 28.2 Å². The molecule has 0 radical (unpaired) electrons. The van der Waals surface area contributed by atoms with Crippen molar-refractivity contribution in [3.05, 3.63) is 332 Å². The van der Waals surface area contributed by atoms with E-state index < -0.39 is 74.9 Å². The number of aromatic nitrogens is 14. The molecule has 10 aromatic heterocycles. The number of alkyl halides is 6. The maximum atomic E-state index is 13.6. The van der Waals surface area contributed by atoms with Crippen LogP contribution in [0.3, 0.4) is 0 Å². The van der Waals surface area contributed by atoms with Crippen LogP contribution < -0.4 is 73.4 Å². The minimum atomic E-state index is -3.40. The van der Waals surface area contributed by atoms with Crippen LogP contribution in [-0.2, 0) is 79.6 Å². The first-order chi connectivity index (χ1) is 67.0. The lowest BCUT2D eigenvalue weighted by molar-refractivity contribution is -0.159. The molecule has 42 heteroatoms. The molecule has 5 N–H and O–H groups in total. The highest BCUT2D eigenvalue weighted by Gasteiger charge is 2.32. The number of ether oxygens (including phenoxy) is 6. The quantitative estimate of drug-likeness (QED) is 0.0234. The fourth-order valence-corrected chi connectivity index (χ4v) is 15.5. The summed E-state index contributed by atoms with van der Waals surface area (Å²) in [6.45, 7) is 7.07. The van der Waals surface area contributed by atoms with Crippen LogP contribution in [0.2, 0.25) is 15.1 Å². The van der Waals surface area contributed by atoms with Crippen molar-refractivity contribution in [1.29, 1.82) is 0 Å². The number of rotatable bonds is 34. The Bertz CT molecular complexity index is 7560. The van der Waals surface area contributed by atoms with Crippen molar-refractivity contribution in [2.75, 3.05) is 26.4 Å². The number of aryl methyl sites for hydroxylation is 5. The molecule has 0 saturated carbocycles. The molecule has 10 heterocycles. The molecule has 1 atom stereocenters. The number of hydrogen-bond acceptors (Lipinski definition) is 25. The van der Waals surface area contributed by atoms with Crippen molar-refractivity contribution in [3.63, 3.8) is 0 Å². The summed E-state index contributed by atoms with van der Waals surface area (Å²) in [5.74, 6) is -1.47. The highest BCUT2D eigenvalue weighted by atomic mass is 35.5. The molecule has 0 fully saturated rings. The number of fused-ring (bicyclic) bond motifs is 4. The van der Waals surface area contributed by atoms with Crippen LogP contribution in [0.4, 0.5) is 26.3 Å². The predicted molar refractivity (Wildman–Crippen MR) is 517 cm³/mol. The van der Waals surface area contributed by atoms with Crippen LogP contribution in [0.1, 0.15) is 123 Å². The van der Waals surface area contributed by atoms with Gasteiger partial charge in [0.2, 0.25) is 0 Å². The average Bonchev–Trinajstić information content (AvgIpc) is 0.763. The van der Waals surface area contributed by atoms with Gasteiger partial charge >= 0.3 is 35.0 Å². The number of hydrogen-bond donors (Lipinski definition) is 5. The Morgan fingerprint density at radius 1 is 0.369 bits per heavy atom. The van der Waals surface area contributed by atoms with E-state index in [-0.39, 0.29) is 194 Å². The molecule has 141 heavy (non-hydrogen) atoms. The zero-order chi connectivity index (χ0) is 102. The maximum Gasteiger partial charge on any atom is 0.394 e. The smallest absolute Gasteiger partial charge is 0.394 e. The highest BCUT2D eigenvalue weighted by Crippen LogP contribution is 2.40. The standard InChI is InChI=1S/C26H24ClF2N3O5.C25H23ClF2N4O4.C24H23ClN4O4.C24H29F2N3O6/c1-26(28,29)37-19-6-3-5-18(14-19)36-21-15-30-23-22(20(21)13-16-7-9-17(27)10-8-16)24(34)32(11-4-12-33)25(35)31(23)2;1-25(27,28)20-9-8-17(13-29-20)36-19-14-30-22-21(18(19)12-15-4-6-16(26)7-5-15)23(34)32(10-3-11-33)24(35)31(22)2;1-15-4-9-18(13-26-15)33-20-14-27-22-21(19(20)12-16-5-7-17(25)8-6-16)23(31)29(10-3-11-30)24(32)28(22)2;1-14(2)11-17(31)19-18(34-15-7-5-8-16(12-15)35-24(3,25)26)13-27-21-20(19)22(32)29(9-6-10-30)23(33)28(21)4/h3,5-10,14-15,33H,4,11-13H2,1-2H3;4-9,13-14,33H,3,10-12H2,1-2H3;4-9,13-14,30H,3,10-12H2,1-2H3;5,7-8,12-14,17,30-31H,6,9-11H2,1-4H3. The van der Waals surface area contributed by atoms with E-state index in [4.69, 9.17) is 53.8 Å². The summed E-state index contributed by atoms with van der Waals surface area (Å²) in [6.07, 6.45) is 2.40. The molecular weight excluding hydrogens is 1910 g/mol. The van der Waals surface area contributed by atoms with Crippen molar-refractivity contribution in [3.8, 4) is 57.5 Å². The molecule has 0 amide bonds. The first-order valence-corrected chi connectivity index (χ1v) is 45.3. The second-order valence-electron chi connectivity index (χ2n) is 33.3. The summed E-state index contributed by atoms with van der Waals surface area (Å²) < 4.78 is 123. The van der Waals surface area contributed by atoms with Crippen LogP contribution in [-0.4, -0.2) is 131 Å². The van der Waals surface area contributed by atoms with Crippen LogP contribution in [0.15, 0.2) is 221 Å². The summed E-state index contributed by atoms with van der Waals surface area (Å²) in [5, 5.41) is 50.3. The van der Waals surface area contributed by atoms with Gasteiger partial charge in [0.05, 0.1) is 64.8 Å². The van der Waals surface area contributed by atoms with E-state index in [0.29, 0.717) is 68.9 Å². The van der Waals surface area contributed by atoms with Crippen molar-refractivity contribution in [1.82, 2.24) is 66.4 Å². The molecule has 0 spiro atoms. The van der Waals surface area contributed by atoms with Gasteiger partial charge in [-0.05, 0) is 147 Å². The number of pyridine rings is 6. The minimum absolute atomic E-state index is 0.00295. The second kappa shape index (κ2) is 46.3. The van der Waals surface area contributed by atoms with Crippen molar-refractivity contribution in [2.24, 2.45) is 34.1 Å². The fraction of sp³-hybridized carbons (Fsp3) is 0.313. The van der Waals surface area contributed by atoms with Gasteiger partial charge in [0, 0.05) is 176 Å². The lowest BCUT2D eigenvalue weighted by Crippen LogP contribution is -2.40. The Balaban J connectivity index is 0.000000168. The second-order valence-corrected chi connectivity index (χ2v) is 34.6. The van der Waals surface area contributed by atoms with E-state index in [0.717, 1.165) is 53.6 Å². The predicted octanol–water partition coefficient (Wildman–Crippen LogP) is 15.1. The third-order valence-electron chi connectivity index (χ3n) is 21.9. The average molecular weight is 2010 g/mol. The first kappa shape index (κ1) is 106. The zero-order valence-corrected chi connectivity index (χ0v) is 80.2. The fourth-order valence-electron chi connectivity index (χ4n) is 15.2. The summed E-state index contributed by atoms with van der Waals surface area (Å²) in [6, 6.07) is 38.7. The van der Waals surface area contributed by atoms with Gasteiger partial charge in [0.15, 0.2) is 5.75 Å². The number of benzene rings is 5. The molecule has 0 aliphatic rings. The lowest BCUT2D eigenvalue weighted by atomic mass is 9.97. The topological polar surface area (TPSA) is 410 Å². The Morgan fingerprint density at radius 2 is 0.667 bits per heavy atom. The van der Waals surface area contributed by atoms with Crippen LogP contribution >= 0.6 is 34.8 Å². The molecule has 0 saturated heterocycles. The molecule has 742 valence electrons. The molecule has 0 aliphatic heterocycles. The van der Waals surface area contributed by atoms with Gasteiger partial charge in [-0.15, -0.1) is 0 Å². The van der Waals surface area contributed by atoms with E-state index in [2.05, 4.69) is 39.4 Å². The summed E-state index contributed by atoms with van der Waals surface area (Å²) >= 11 is 18.1. The first-order valence-electron chi connectivity index (χ1n) is 44.1. The molecule has 0 bridgehead atoms. The summed E-state index contributed by atoms with van der Waals surface area (Å²) in [7, 11) is 6.04. The Labute approximate surface area is 814 Å². The summed E-state index contributed by atoms with van der Waals surface area (Å²) in [5.41, 5.74) is 0.768. The number of nitrogens with zero attached hydrogens (tertiary/aromatic N) is 14. The molecular formula is C99H99Cl3F6N14O19. The van der Waals surface area contributed by atoms with Crippen LogP contribution in [0.25, 0.3) is 44.1 Å². The van der Waals surface area contributed by atoms with E-state index in [1.807, 2.05) is 39.0 Å². The summed E-state index contributed by atoms with van der Waals surface area (Å²) in [4.78, 5) is 130. The number of aliphatic hydroxyl groups is 5. The Kier molecular flexibility index (Phi) is 34.7. The molecule has 15 rings (SSSR count). The third kappa shape index (κ3) is 26.1. The normalized spacial score (nSPS) is 11.8. The van der Waals surface area contributed by atoms with Gasteiger partial charge in [-0.3, -0.25) is 65.7 Å². The minimum Gasteiger partial charge on any atom is -0.455 e. The van der Waals surface area contributed by atoms with E-state index >= 15 is 0 Å². The van der Waals surface area contributed by atoms with Crippen molar-refractivity contribution >= 4 is 78.9 Å². The van der Waals surface area contributed by atoms with Crippen LogP contribution in [0, 0.1) is 12.8 Å². The lowest BCUT2D eigenvalue weighted by Gasteiger charge is -2.21. The van der Waals surface area contributed by atoms with Crippen molar-refractivity contribution in [2.45, 2.75) is 143 Å². The Morgan fingerprint density at radius 3 is 0.965 bits per heavy atom. The SMILES string of the molecule is CC(C)CC(O)c1c(Oc2cccc(OC(C)(F)F)c2)cnc2c1c(=O)n(CCCO)c(=O)n2C.Cc1ccc(Oc2cnc3c(c2Cc2ccc(Cl)cc2)c(=O)n(CCCO)c(=O)n3C)cn1.Cn1c(=O)n(CCCO)c(=O)c2c(Cc3ccc(Cl)cc3)c(Oc3ccc(C(C)(F)F)nc3)cnc21.Cn1c(=O)n(CCCO)c(=O)c2c(Cc3ccc(Cl)cc3)c(Oc3cccc(OC(C)(F)F)c3)cnc21. The van der Waals surface area contributed by atoms with Crippen LogP contribution in [0.5, 0.6) is 57.5 Å². The monoisotopic (exact) mass is 2010 g/mol. The molecule has 5 aromatic carbocycles. The zero-order valence-electron chi connectivity index (χ0n) is 77.9.